The van der Waals surface area contributed by atoms with Crippen LogP contribution in [-0.2, 0) is 16.1 Å². The summed E-state index contributed by atoms with van der Waals surface area (Å²) in [6.45, 7) is 5.55. The number of hydrazone groups is 1. The second kappa shape index (κ2) is 11.2. The Kier molecular flexibility index (Phi) is 8.29. The van der Waals surface area contributed by atoms with Gasteiger partial charge in [0.2, 0.25) is 5.88 Å². The Morgan fingerprint density at radius 3 is 2.68 bits per heavy atom. The van der Waals surface area contributed by atoms with Gasteiger partial charge in [-0.15, -0.1) is 0 Å². The summed E-state index contributed by atoms with van der Waals surface area (Å²) in [7, 11) is 1.53. The van der Waals surface area contributed by atoms with Crippen molar-refractivity contribution in [1.29, 1.82) is 5.26 Å². The van der Waals surface area contributed by atoms with Crippen molar-refractivity contribution in [2.24, 2.45) is 5.10 Å². The Bertz CT molecular complexity index is 1290. The third kappa shape index (κ3) is 5.75. The number of hydrogen-bond acceptors (Lipinski definition) is 6. The molecule has 176 valence electrons. The number of carbonyl (C=O) groups is 1. The molecule has 0 radical (unpaired) electrons. The minimum absolute atomic E-state index is 0.0823. The maximum atomic E-state index is 12.2. The van der Waals surface area contributed by atoms with Crippen LogP contribution in [0.1, 0.15) is 33.8 Å². The van der Waals surface area contributed by atoms with Gasteiger partial charge in [0.25, 0.3) is 5.91 Å². The summed E-state index contributed by atoms with van der Waals surface area (Å²) in [4.78, 5) is 16.4. The average molecular weight is 500 g/mol. The summed E-state index contributed by atoms with van der Waals surface area (Å²) < 4.78 is 12.6. The van der Waals surface area contributed by atoms with Crippen LogP contribution in [0.3, 0.4) is 0 Å². The summed E-state index contributed by atoms with van der Waals surface area (Å²) in [5, 5.41) is 14.4. The smallest absolute Gasteiger partial charge is 0.278 e. The standard InChI is InChI=1S/C24H23Cl2N5O3/c1-14-7-18(12-33-4)20(10-27)24(29-14)34-13-23(32)30-28-11-17-8-15(2)31(16(17)3)19-5-6-21(25)22(26)9-19/h5-9,11H,12-13H2,1-4H3,(H,30,32). The Morgan fingerprint density at radius 2 is 2.00 bits per heavy atom. The van der Waals surface area contributed by atoms with E-state index < -0.39 is 5.91 Å². The zero-order chi connectivity index (χ0) is 24.8. The molecule has 34 heavy (non-hydrogen) atoms. The van der Waals surface area contributed by atoms with Gasteiger partial charge in [-0.2, -0.15) is 10.4 Å². The number of nitriles is 1. The van der Waals surface area contributed by atoms with Crippen LogP contribution in [0.2, 0.25) is 10.0 Å². The SMILES string of the molecule is COCc1cc(C)nc(OCC(=O)NN=Cc2cc(C)n(-c3ccc(Cl)c(Cl)c3)c2C)c1C#N. The lowest BCUT2D eigenvalue weighted by molar-refractivity contribution is -0.123. The molecule has 0 aliphatic rings. The number of hydrogen-bond donors (Lipinski definition) is 1. The number of methoxy groups -OCH3 is 1. The van der Waals surface area contributed by atoms with Crippen LogP contribution in [0.5, 0.6) is 5.88 Å². The molecule has 2 heterocycles. The molecule has 0 aliphatic heterocycles. The highest BCUT2D eigenvalue weighted by Gasteiger charge is 2.15. The molecule has 0 saturated carbocycles. The first-order valence-electron chi connectivity index (χ1n) is 10.2. The molecule has 8 nitrogen and oxygen atoms in total. The Morgan fingerprint density at radius 1 is 1.24 bits per heavy atom. The Labute approximate surface area is 207 Å². The molecule has 0 saturated heterocycles. The van der Waals surface area contributed by atoms with Crippen LogP contribution in [0.15, 0.2) is 35.4 Å². The predicted molar refractivity (Wildman–Crippen MR) is 131 cm³/mol. The minimum Gasteiger partial charge on any atom is -0.467 e. The quantitative estimate of drug-likeness (QED) is 0.358. The fraction of sp³-hybridized carbons (Fsp3) is 0.250. The number of benzene rings is 1. The largest absolute Gasteiger partial charge is 0.467 e. The van der Waals surface area contributed by atoms with Crippen LogP contribution >= 0.6 is 23.2 Å². The van der Waals surface area contributed by atoms with Gasteiger partial charge in [-0.25, -0.2) is 10.4 Å². The lowest BCUT2D eigenvalue weighted by Gasteiger charge is -2.11. The van der Waals surface area contributed by atoms with Crippen molar-refractivity contribution in [2.45, 2.75) is 27.4 Å². The molecule has 1 N–H and O–H groups in total. The molecule has 10 heteroatoms. The van der Waals surface area contributed by atoms with Crippen molar-refractivity contribution >= 4 is 35.3 Å². The number of aromatic nitrogens is 2. The van der Waals surface area contributed by atoms with Gasteiger partial charge in [0.1, 0.15) is 11.6 Å². The lowest BCUT2D eigenvalue weighted by Crippen LogP contribution is -2.25. The fourth-order valence-corrected chi connectivity index (χ4v) is 3.78. The van der Waals surface area contributed by atoms with E-state index in [1.54, 1.807) is 31.3 Å². The maximum Gasteiger partial charge on any atom is 0.278 e. The number of ether oxygens (including phenoxy) is 2. The minimum atomic E-state index is -0.491. The normalized spacial score (nSPS) is 11.0. The number of carbonyl (C=O) groups excluding carboxylic acids is 1. The van der Waals surface area contributed by atoms with Gasteiger partial charge in [-0.3, -0.25) is 4.79 Å². The summed E-state index contributed by atoms with van der Waals surface area (Å²) in [5.41, 5.74) is 7.52. The summed E-state index contributed by atoms with van der Waals surface area (Å²) >= 11 is 12.2. The van der Waals surface area contributed by atoms with E-state index in [1.165, 1.54) is 7.11 Å². The molecule has 1 amide bonds. The number of halogens is 2. The van der Waals surface area contributed by atoms with E-state index in [4.69, 9.17) is 32.7 Å². The average Bonchev–Trinajstić information content (AvgIpc) is 3.07. The van der Waals surface area contributed by atoms with Crippen LogP contribution < -0.4 is 10.2 Å². The number of pyridine rings is 1. The highest BCUT2D eigenvalue weighted by atomic mass is 35.5. The predicted octanol–water partition coefficient (Wildman–Crippen LogP) is 4.65. The number of amides is 1. The van der Waals surface area contributed by atoms with Crippen LogP contribution in [0.4, 0.5) is 0 Å². The molecule has 0 fully saturated rings. The third-order valence-electron chi connectivity index (χ3n) is 4.97. The number of rotatable bonds is 8. The number of nitrogens with one attached hydrogen (secondary N) is 1. The second-order valence-corrected chi connectivity index (χ2v) is 8.30. The highest BCUT2D eigenvalue weighted by Crippen LogP contribution is 2.27. The van der Waals surface area contributed by atoms with Gasteiger partial charge in [-0.05, 0) is 51.1 Å². The van der Waals surface area contributed by atoms with Crippen LogP contribution in [0, 0.1) is 32.1 Å². The van der Waals surface area contributed by atoms with Gasteiger partial charge in [0.05, 0.1) is 22.9 Å². The van der Waals surface area contributed by atoms with E-state index >= 15 is 0 Å². The van der Waals surface area contributed by atoms with Crippen molar-refractivity contribution in [3.05, 3.63) is 74.1 Å². The topological polar surface area (TPSA) is 102 Å². The van der Waals surface area contributed by atoms with Crippen molar-refractivity contribution in [2.75, 3.05) is 13.7 Å². The monoisotopic (exact) mass is 499 g/mol. The van der Waals surface area contributed by atoms with E-state index in [1.807, 2.05) is 30.5 Å². The Hall–Kier alpha value is -3.38. The summed E-state index contributed by atoms with van der Waals surface area (Å²) in [6, 6.07) is 11.1. The van der Waals surface area contributed by atoms with E-state index in [9.17, 15) is 10.1 Å². The first-order chi connectivity index (χ1) is 16.2. The molecule has 3 aromatic rings. The summed E-state index contributed by atoms with van der Waals surface area (Å²) in [5.74, 6) is -0.408. The molecule has 0 atom stereocenters. The molecular formula is C24H23Cl2N5O3. The lowest BCUT2D eigenvalue weighted by atomic mass is 10.1. The zero-order valence-electron chi connectivity index (χ0n) is 19.1. The van der Waals surface area contributed by atoms with E-state index in [0.29, 0.717) is 21.3 Å². The molecule has 0 unspecified atom stereocenters. The first-order valence-corrected chi connectivity index (χ1v) is 11.0. The Balaban J connectivity index is 1.67. The summed E-state index contributed by atoms with van der Waals surface area (Å²) in [6.07, 6.45) is 1.55. The number of nitrogens with zero attached hydrogens (tertiary/aromatic N) is 4. The van der Waals surface area contributed by atoms with Crippen molar-refractivity contribution in [3.8, 4) is 17.6 Å². The highest BCUT2D eigenvalue weighted by molar-refractivity contribution is 6.42. The maximum absolute atomic E-state index is 12.2. The zero-order valence-corrected chi connectivity index (χ0v) is 20.7. The second-order valence-electron chi connectivity index (χ2n) is 7.49. The van der Waals surface area contributed by atoms with Gasteiger partial charge >= 0.3 is 0 Å². The molecule has 1 aromatic carbocycles. The van der Waals surface area contributed by atoms with E-state index in [0.717, 1.165) is 22.6 Å². The van der Waals surface area contributed by atoms with Gasteiger partial charge in [0, 0.05) is 41.0 Å². The molecule has 0 bridgehead atoms. The van der Waals surface area contributed by atoms with Gasteiger partial charge in [-0.1, -0.05) is 23.2 Å². The first kappa shape index (κ1) is 25.2. The number of aryl methyl sites for hydroxylation is 2. The van der Waals surface area contributed by atoms with Crippen LogP contribution in [-0.4, -0.2) is 35.4 Å². The fourth-order valence-electron chi connectivity index (χ4n) is 3.48. The van der Waals surface area contributed by atoms with Crippen molar-refractivity contribution in [1.82, 2.24) is 15.0 Å². The van der Waals surface area contributed by atoms with Crippen molar-refractivity contribution in [3.63, 3.8) is 0 Å². The van der Waals surface area contributed by atoms with Gasteiger partial charge < -0.3 is 14.0 Å². The third-order valence-corrected chi connectivity index (χ3v) is 5.71. The van der Waals surface area contributed by atoms with Crippen molar-refractivity contribution < 1.29 is 14.3 Å². The molecular weight excluding hydrogens is 477 g/mol. The van der Waals surface area contributed by atoms with E-state index in [2.05, 4.69) is 21.6 Å². The van der Waals surface area contributed by atoms with Crippen LogP contribution in [0.25, 0.3) is 5.69 Å². The molecule has 3 rings (SSSR count). The molecule has 2 aromatic heterocycles. The molecule has 0 spiro atoms. The van der Waals surface area contributed by atoms with E-state index in [-0.39, 0.29) is 24.7 Å². The molecule has 0 aliphatic carbocycles. The van der Waals surface area contributed by atoms with Gasteiger partial charge in [0.15, 0.2) is 6.61 Å².